The monoisotopic (exact) mass is 556 g/mol. The van der Waals surface area contributed by atoms with Crippen LogP contribution in [0.1, 0.15) is 35.6 Å². The molecule has 0 fully saturated rings. The molecule has 212 valence electrons. The minimum atomic E-state index is -0.448. The Morgan fingerprint density at radius 3 is 1.36 bits per heavy atom. The smallest absolute Gasteiger partial charge is 0.119 e. The lowest BCUT2D eigenvalue weighted by molar-refractivity contribution is 0.0764. The van der Waals surface area contributed by atoms with Crippen LogP contribution in [0.4, 0.5) is 0 Å². The number of ether oxygens (including phenoxy) is 4. The normalized spacial score (nSPS) is 12.8. The summed E-state index contributed by atoms with van der Waals surface area (Å²) < 4.78 is 23.3. The van der Waals surface area contributed by atoms with Gasteiger partial charge < -0.3 is 18.9 Å². The van der Waals surface area contributed by atoms with Crippen molar-refractivity contribution in [3.05, 3.63) is 150 Å². The first-order valence-electron chi connectivity index (χ1n) is 14.7. The second-order valence-electron chi connectivity index (χ2n) is 10.4. The van der Waals surface area contributed by atoms with Crippen LogP contribution in [0, 0.1) is 0 Å². The van der Waals surface area contributed by atoms with Gasteiger partial charge in [0.2, 0.25) is 0 Å². The number of rotatable bonds is 13. The van der Waals surface area contributed by atoms with Gasteiger partial charge in [-0.2, -0.15) is 0 Å². The van der Waals surface area contributed by atoms with Crippen LogP contribution < -0.4 is 14.2 Å². The van der Waals surface area contributed by atoms with Gasteiger partial charge in [-0.1, -0.05) is 97.9 Å². The molecule has 1 aliphatic carbocycles. The zero-order chi connectivity index (χ0) is 28.6. The molecule has 1 aliphatic rings. The molecule has 5 aromatic rings. The third kappa shape index (κ3) is 5.50. The SMILES string of the molecule is CCCOc1ccc(C2(c3ccc(OCCOCCOc4ccccc4)cc3)c3ccccc3-c3ccccc32)cc1. The molecular weight excluding hydrogens is 520 g/mol. The highest BCUT2D eigenvalue weighted by Gasteiger charge is 2.45. The molecule has 0 heterocycles. The molecule has 4 nitrogen and oxygen atoms in total. The van der Waals surface area contributed by atoms with Crippen LogP contribution in [0.3, 0.4) is 0 Å². The van der Waals surface area contributed by atoms with E-state index >= 15 is 0 Å². The molecule has 0 radical (unpaired) electrons. The Morgan fingerprint density at radius 2 is 0.857 bits per heavy atom. The summed E-state index contributed by atoms with van der Waals surface area (Å²) in [6.07, 6.45) is 0.982. The van der Waals surface area contributed by atoms with Gasteiger partial charge in [0, 0.05) is 0 Å². The van der Waals surface area contributed by atoms with Gasteiger partial charge in [0.25, 0.3) is 0 Å². The second kappa shape index (κ2) is 13.0. The van der Waals surface area contributed by atoms with Crippen molar-refractivity contribution in [2.45, 2.75) is 18.8 Å². The quantitative estimate of drug-likeness (QED) is 0.134. The maximum absolute atomic E-state index is 6.04. The molecule has 0 N–H and O–H groups in total. The van der Waals surface area contributed by atoms with Crippen molar-refractivity contribution in [1.29, 1.82) is 0 Å². The van der Waals surface area contributed by atoms with Crippen molar-refractivity contribution in [2.75, 3.05) is 33.0 Å². The minimum absolute atomic E-state index is 0.448. The molecule has 0 spiro atoms. The van der Waals surface area contributed by atoms with E-state index in [0.29, 0.717) is 33.0 Å². The van der Waals surface area contributed by atoms with Crippen LogP contribution in [0.25, 0.3) is 11.1 Å². The Labute approximate surface area is 248 Å². The fourth-order valence-corrected chi connectivity index (χ4v) is 5.90. The number of hydrogen-bond donors (Lipinski definition) is 0. The molecule has 0 aliphatic heterocycles. The molecule has 0 amide bonds. The molecular formula is C38H36O4. The van der Waals surface area contributed by atoms with Crippen molar-refractivity contribution in [3.63, 3.8) is 0 Å². The van der Waals surface area contributed by atoms with E-state index in [1.165, 1.54) is 33.4 Å². The van der Waals surface area contributed by atoms with Crippen LogP contribution in [-0.2, 0) is 10.2 Å². The Morgan fingerprint density at radius 1 is 0.429 bits per heavy atom. The Kier molecular flexibility index (Phi) is 8.53. The first-order valence-corrected chi connectivity index (χ1v) is 14.7. The molecule has 0 aromatic heterocycles. The number of hydrogen-bond acceptors (Lipinski definition) is 4. The van der Waals surface area contributed by atoms with E-state index in [0.717, 1.165) is 23.7 Å². The fourth-order valence-electron chi connectivity index (χ4n) is 5.90. The molecule has 0 atom stereocenters. The van der Waals surface area contributed by atoms with Crippen molar-refractivity contribution < 1.29 is 18.9 Å². The lowest BCUT2D eigenvalue weighted by Gasteiger charge is -2.34. The average Bonchev–Trinajstić information content (AvgIpc) is 3.35. The topological polar surface area (TPSA) is 36.9 Å². The van der Waals surface area contributed by atoms with E-state index in [1.54, 1.807) is 0 Å². The summed E-state index contributed by atoms with van der Waals surface area (Å²) in [5.74, 6) is 2.57. The highest BCUT2D eigenvalue weighted by atomic mass is 16.5. The predicted octanol–water partition coefficient (Wildman–Crippen LogP) is 8.31. The molecule has 5 aromatic carbocycles. The molecule has 42 heavy (non-hydrogen) atoms. The van der Waals surface area contributed by atoms with Crippen molar-refractivity contribution in [2.24, 2.45) is 0 Å². The summed E-state index contributed by atoms with van der Waals surface area (Å²) >= 11 is 0. The van der Waals surface area contributed by atoms with Crippen LogP contribution in [0.15, 0.2) is 127 Å². The van der Waals surface area contributed by atoms with E-state index in [4.69, 9.17) is 18.9 Å². The zero-order valence-electron chi connectivity index (χ0n) is 24.0. The second-order valence-corrected chi connectivity index (χ2v) is 10.4. The van der Waals surface area contributed by atoms with Gasteiger partial charge in [-0.25, -0.2) is 0 Å². The Balaban J connectivity index is 1.21. The van der Waals surface area contributed by atoms with Crippen molar-refractivity contribution in [3.8, 4) is 28.4 Å². The zero-order valence-corrected chi connectivity index (χ0v) is 24.0. The largest absolute Gasteiger partial charge is 0.494 e. The molecule has 0 unspecified atom stereocenters. The van der Waals surface area contributed by atoms with Crippen LogP contribution in [0.5, 0.6) is 17.2 Å². The number of fused-ring (bicyclic) bond motifs is 3. The van der Waals surface area contributed by atoms with Crippen LogP contribution >= 0.6 is 0 Å². The van der Waals surface area contributed by atoms with Crippen LogP contribution in [0.2, 0.25) is 0 Å². The lowest BCUT2D eigenvalue weighted by atomic mass is 9.68. The Bertz CT molecular complexity index is 1530. The lowest BCUT2D eigenvalue weighted by Crippen LogP contribution is -2.28. The first kappa shape index (κ1) is 27.6. The molecule has 0 saturated carbocycles. The van der Waals surface area contributed by atoms with E-state index in [9.17, 15) is 0 Å². The fraction of sp³-hybridized carbons (Fsp3) is 0.211. The molecule has 6 rings (SSSR count). The molecule has 4 heteroatoms. The van der Waals surface area contributed by atoms with Gasteiger partial charge in [-0.3, -0.25) is 0 Å². The van der Waals surface area contributed by atoms with Gasteiger partial charge in [0.15, 0.2) is 0 Å². The van der Waals surface area contributed by atoms with E-state index in [1.807, 2.05) is 30.3 Å². The van der Waals surface area contributed by atoms with Gasteiger partial charge in [0.05, 0.1) is 25.2 Å². The first-order chi connectivity index (χ1) is 20.8. The minimum Gasteiger partial charge on any atom is -0.494 e. The summed E-state index contributed by atoms with van der Waals surface area (Å²) in [4.78, 5) is 0. The van der Waals surface area contributed by atoms with Crippen molar-refractivity contribution >= 4 is 0 Å². The van der Waals surface area contributed by atoms with E-state index in [-0.39, 0.29) is 0 Å². The van der Waals surface area contributed by atoms with Gasteiger partial charge >= 0.3 is 0 Å². The average molecular weight is 557 g/mol. The van der Waals surface area contributed by atoms with Gasteiger partial charge in [-0.15, -0.1) is 0 Å². The Hall–Kier alpha value is -4.54. The summed E-state index contributed by atoms with van der Waals surface area (Å²) in [5.41, 5.74) is 7.08. The highest BCUT2D eigenvalue weighted by molar-refractivity contribution is 5.86. The third-order valence-electron chi connectivity index (χ3n) is 7.74. The maximum atomic E-state index is 6.04. The molecule has 0 bridgehead atoms. The summed E-state index contributed by atoms with van der Waals surface area (Å²) in [6.45, 7) is 4.83. The standard InChI is InChI=1S/C38H36O4/c1-2-24-40-32-20-16-29(17-21-32)38(36-14-8-6-12-34(36)35-13-7-9-15-37(35)38)30-18-22-33(23-19-30)42-28-26-39-25-27-41-31-10-4-3-5-11-31/h3-23H,2,24-28H2,1H3. The predicted molar refractivity (Wildman–Crippen MR) is 168 cm³/mol. The summed E-state index contributed by atoms with van der Waals surface area (Å²) in [7, 11) is 0. The van der Waals surface area contributed by atoms with Gasteiger partial charge in [-0.05, 0) is 76.2 Å². The highest BCUT2D eigenvalue weighted by Crippen LogP contribution is 2.56. The number of para-hydroxylation sites is 1. The number of benzene rings is 5. The summed E-state index contributed by atoms with van der Waals surface area (Å²) in [5, 5.41) is 0. The molecule has 0 saturated heterocycles. The summed E-state index contributed by atoms with van der Waals surface area (Å²) in [6, 6.07) is 44.5. The van der Waals surface area contributed by atoms with Crippen molar-refractivity contribution in [1.82, 2.24) is 0 Å². The third-order valence-corrected chi connectivity index (χ3v) is 7.74. The van der Waals surface area contributed by atoms with Gasteiger partial charge in [0.1, 0.15) is 30.5 Å². The van der Waals surface area contributed by atoms with E-state index < -0.39 is 5.41 Å². The van der Waals surface area contributed by atoms with E-state index in [2.05, 4.69) is 104 Å². The van der Waals surface area contributed by atoms with Crippen LogP contribution in [-0.4, -0.2) is 33.0 Å². The maximum Gasteiger partial charge on any atom is 0.119 e.